The number of carbonyl (C=O) groups is 2. The van der Waals surface area contributed by atoms with E-state index in [2.05, 4.69) is 22.9 Å². The van der Waals surface area contributed by atoms with Crippen LogP contribution in [0.25, 0.3) is 0 Å². The summed E-state index contributed by atoms with van der Waals surface area (Å²) >= 11 is 0. The number of piperazine rings is 1. The third-order valence-electron chi connectivity index (χ3n) is 3.92. The van der Waals surface area contributed by atoms with Crippen LogP contribution in [0.5, 0.6) is 0 Å². The molecule has 126 valence electrons. The van der Waals surface area contributed by atoms with Crippen molar-refractivity contribution in [3.8, 4) is 0 Å². The lowest BCUT2D eigenvalue weighted by atomic mass is 10.1. The number of rotatable bonds is 5. The minimum Gasteiger partial charge on any atom is -0.338 e. The van der Waals surface area contributed by atoms with E-state index in [1.54, 1.807) is 0 Å². The van der Waals surface area contributed by atoms with Gasteiger partial charge in [-0.05, 0) is 31.0 Å². The third kappa shape index (κ3) is 5.25. The lowest BCUT2D eigenvalue weighted by molar-refractivity contribution is -0.133. The zero-order chi connectivity index (χ0) is 16.7. The fraction of sp³-hybridized carbons (Fsp3) is 0.529. The zero-order valence-corrected chi connectivity index (χ0v) is 13.9. The van der Waals surface area contributed by atoms with Gasteiger partial charge in [-0.3, -0.25) is 4.79 Å². The summed E-state index contributed by atoms with van der Waals surface area (Å²) < 4.78 is 0. The van der Waals surface area contributed by atoms with Crippen molar-refractivity contribution in [2.45, 2.75) is 32.7 Å². The molecule has 1 aliphatic heterocycles. The van der Waals surface area contributed by atoms with E-state index in [1.165, 1.54) is 0 Å². The van der Waals surface area contributed by atoms with E-state index in [9.17, 15) is 9.59 Å². The van der Waals surface area contributed by atoms with Crippen LogP contribution >= 0.6 is 0 Å². The molecule has 1 heterocycles. The standard InChI is InChI=1S/C17H26N4O2/c1-3-8-19-17(23)20-15-6-4-14(5-7-15)11-16(22)21-10-9-18-12-13(21)2/h4-7,13,18H,3,8-12H2,1-2H3,(H2,19,20,23)/t13-/m1/s1. The molecule has 0 aromatic heterocycles. The number of nitrogens with one attached hydrogen (secondary N) is 3. The average molecular weight is 318 g/mol. The van der Waals surface area contributed by atoms with Gasteiger partial charge < -0.3 is 20.9 Å². The fourth-order valence-corrected chi connectivity index (χ4v) is 2.61. The SMILES string of the molecule is CCCNC(=O)Nc1ccc(CC(=O)N2CCNC[C@H]2C)cc1. The molecular weight excluding hydrogens is 292 g/mol. The highest BCUT2D eigenvalue weighted by Gasteiger charge is 2.22. The Hall–Kier alpha value is -2.08. The molecule has 6 nitrogen and oxygen atoms in total. The Labute approximate surface area is 137 Å². The average Bonchev–Trinajstić information content (AvgIpc) is 2.55. The van der Waals surface area contributed by atoms with Gasteiger partial charge in [0.25, 0.3) is 0 Å². The molecule has 0 bridgehead atoms. The van der Waals surface area contributed by atoms with Crippen LogP contribution in [0.1, 0.15) is 25.8 Å². The number of amides is 3. The molecular formula is C17H26N4O2. The van der Waals surface area contributed by atoms with Gasteiger partial charge in [0, 0.05) is 37.9 Å². The molecule has 1 saturated heterocycles. The highest BCUT2D eigenvalue weighted by Crippen LogP contribution is 2.12. The fourth-order valence-electron chi connectivity index (χ4n) is 2.61. The lowest BCUT2D eigenvalue weighted by Gasteiger charge is -2.34. The first-order chi connectivity index (χ1) is 11.1. The van der Waals surface area contributed by atoms with Crippen LogP contribution in [0.4, 0.5) is 10.5 Å². The van der Waals surface area contributed by atoms with E-state index in [0.29, 0.717) is 13.0 Å². The molecule has 0 spiro atoms. The van der Waals surface area contributed by atoms with E-state index in [1.807, 2.05) is 36.1 Å². The highest BCUT2D eigenvalue weighted by atomic mass is 16.2. The monoisotopic (exact) mass is 318 g/mol. The van der Waals surface area contributed by atoms with Crippen LogP contribution in [-0.2, 0) is 11.2 Å². The van der Waals surface area contributed by atoms with Crippen molar-refractivity contribution in [3.05, 3.63) is 29.8 Å². The first-order valence-corrected chi connectivity index (χ1v) is 8.24. The zero-order valence-electron chi connectivity index (χ0n) is 13.9. The Morgan fingerprint density at radius 3 is 2.70 bits per heavy atom. The summed E-state index contributed by atoms with van der Waals surface area (Å²) in [6, 6.07) is 7.47. The molecule has 1 aliphatic rings. The van der Waals surface area contributed by atoms with E-state index in [0.717, 1.165) is 37.3 Å². The summed E-state index contributed by atoms with van der Waals surface area (Å²) in [5, 5.41) is 8.82. The summed E-state index contributed by atoms with van der Waals surface area (Å²) in [4.78, 5) is 25.9. The summed E-state index contributed by atoms with van der Waals surface area (Å²) in [7, 11) is 0. The normalized spacial score (nSPS) is 17.7. The van der Waals surface area contributed by atoms with E-state index in [4.69, 9.17) is 0 Å². The first kappa shape index (κ1) is 17.3. The Morgan fingerprint density at radius 2 is 2.04 bits per heavy atom. The van der Waals surface area contributed by atoms with Gasteiger partial charge in [0.1, 0.15) is 0 Å². The highest BCUT2D eigenvalue weighted by molar-refractivity contribution is 5.89. The smallest absolute Gasteiger partial charge is 0.319 e. The lowest BCUT2D eigenvalue weighted by Crippen LogP contribution is -2.52. The molecule has 1 atom stereocenters. The van der Waals surface area contributed by atoms with Gasteiger partial charge >= 0.3 is 6.03 Å². The number of hydrogen-bond acceptors (Lipinski definition) is 3. The molecule has 1 aromatic carbocycles. The van der Waals surface area contributed by atoms with Crippen molar-refractivity contribution < 1.29 is 9.59 Å². The van der Waals surface area contributed by atoms with Crippen LogP contribution in [-0.4, -0.2) is 49.1 Å². The number of anilines is 1. The topological polar surface area (TPSA) is 73.5 Å². The molecule has 0 aliphatic carbocycles. The second-order valence-electron chi connectivity index (χ2n) is 5.89. The maximum Gasteiger partial charge on any atom is 0.319 e. The van der Waals surface area contributed by atoms with Gasteiger partial charge in [0.15, 0.2) is 0 Å². The van der Waals surface area contributed by atoms with Crippen molar-refractivity contribution in [1.29, 1.82) is 0 Å². The van der Waals surface area contributed by atoms with Gasteiger partial charge in [0.05, 0.1) is 6.42 Å². The second-order valence-corrected chi connectivity index (χ2v) is 5.89. The van der Waals surface area contributed by atoms with E-state index in [-0.39, 0.29) is 18.0 Å². The molecule has 0 saturated carbocycles. The number of carbonyl (C=O) groups excluding carboxylic acids is 2. The quantitative estimate of drug-likeness (QED) is 0.772. The Balaban J connectivity index is 1.87. The number of hydrogen-bond donors (Lipinski definition) is 3. The van der Waals surface area contributed by atoms with Gasteiger partial charge in [-0.25, -0.2) is 4.79 Å². The van der Waals surface area contributed by atoms with Crippen LogP contribution in [0, 0.1) is 0 Å². The van der Waals surface area contributed by atoms with Gasteiger partial charge in [0.2, 0.25) is 5.91 Å². The summed E-state index contributed by atoms with van der Waals surface area (Å²) in [6.07, 6.45) is 1.30. The molecule has 3 amide bonds. The van der Waals surface area contributed by atoms with Crippen LogP contribution in [0.15, 0.2) is 24.3 Å². The maximum absolute atomic E-state index is 12.4. The summed E-state index contributed by atoms with van der Waals surface area (Å²) in [5.74, 6) is 0.153. The van der Waals surface area contributed by atoms with Crippen molar-refractivity contribution in [2.24, 2.45) is 0 Å². The molecule has 6 heteroatoms. The van der Waals surface area contributed by atoms with Gasteiger partial charge in [-0.2, -0.15) is 0 Å². The Kier molecular flexibility index (Phi) is 6.40. The van der Waals surface area contributed by atoms with Gasteiger partial charge in [-0.1, -0.05) is 19.1 Å². The third-order valence-corrected chi connectivity index (χ3v) is 3.92. The largest absolute Gasteiger partial charge is 0.338 e. The molecule has 3 N–H and O–H groups in total. The molecule has 1 fully saturated rings. The summed E-state index contributed by atoms with van der Waals surface area (Å²) in [5.41, 5.74) is 1.69. The number of benzene rings is 1. The number of nitrogens with zero attached hydrogens (tertiary/aromatic N) is 1. The van der Waals surface area contributed by atoms with Crippen LogP contribution < -0.4 is 16.0 Å². The Morgan fingerprint density at radius 1 is 1.30 bits per heavy atom. The van der Waals surface area contributed by atoms with E-state index >= 15 is 0 Å². The molecule has 0 unspecified atom stereocenters. The van der Waals surface area contributed by atoms with Crippen molar-refractivity contribution >= 4 is 17.6 Å². The van der Waals surface area contributed by atoms with Gasteiger partial charge in [-0.15, -0.1) is 0 Å². The second kappa shape index (κ2) is 8.53. The van der Waals surface area contributed by atoms with Crippen molar-refractivity contribution in [3.63, 3.8) is 0 Å². The van der Waals surface area contributed by atoms with Crippen LogP contribution in [0.2, 0.25) is 0 Å². The molecule has 23 heavy (non-hydrogen) atoms. The predicted molar refractivity (Wildman–Crippen MR) is 91.5 cm³/mol. The number of urea groups is 1. The minimum atomic E-state index is -0.203. The predicted octanol–water partition coefficient (Wildman–Crippen LogP) is 1.58. The molecule has 1 aromatic rings. The Bertz CT molecular complexity index is 530. The molecule has 0 radical (unpaired) electrons. The van der Waals surface area contributed by atoms with Crippen molar-refractivity contribution in [1.82, 2.24) is 15.5 Å². The summed E-state index contributed by atoms with van der Waals surface area (Å²) in [6.45, 7) is 7.18. The van der Waals surface area contributed by atoms with Crippen LogP contribution in [0.3, 0.4) is 0 Å². The minimum absolute atomic E-state index is 0.153. The van der Waals surface area contributed by atoms with Crippen molar-refractivity contribution in [2.75, 3.05) is 31.5 Å². The maximum atomic E-state index is 12.4. The van der Waals surface area contributed by atoms with E-state index < -0.39 is 0 Å². The molecule has 2 rings (SSSR count). The first-order valence-electron chi connectivity index (χ1n) is 8.24.